The second-order valence-corrected chi connectivity index (χ2v) is 8.92. The van der Waals surface area contributed by atoms with Gasteiger partial charge in [0, 0.05) is 63.5 Å². The van der Waals surface area contributed by atoms with E-state index in [2.05, 4.69) is 26.9 Å². The fraction of sp³-hybridized carbons (Fsp3) is 0.400. The Morgan fingerprint density at radius 3 is 2.48 bits per heavy atom. The highest BCUT2D eigenvalue weighted by molar-refractivity contribution is 5.92. The zero-order chi connectivity index (χ0) is 22.8. The van der Waals surface area contributed by atoms with E-state index in [9.17, 15) is 14.8 Å². The van der Waals surface area contributed by atoms with Crippen molar-refractivity contribution in [3.8, 4) is 11.1 Å². The Hall–Kier alpha value is -3.23. The number of aromatic nitrogens is 2. The molecule has 2 aliphatic rings. The molecule has 0 aliphatic carbocycles. The Balaban J connectivity index is 1.26. The zero-order valence-corrected chi connectivity index (χ0v) is 18.7. The highest BCUT2D eigenvalue weighted by Gasteiger charge is 2.23. The van der Waals surface area contributed by atoms with Crippen LogP contribution in [0.2, 0.25) is 0 Å². The van der Waals surface area contributed by atoms with Crippen molar-refractivity contribution in [3.05, 3.63) is 64.6 Å². The monoisotopic (exact) mass is 447 g/mol. The van der Waals surface area contributed by atoms with Crippen molar-refractivity contribution in [2.75, 3.05) is 45.8 Å². The molecular formula is C25H29N5O3. The molecule has 172 valence electrons. The number of likely N-dealkylation sites (tertiary alicyclic amines) is 1. The second kappa shape index (κ2) is 9.33. The van der Waals surface area contributed by atoms with E-state index in [1.807, 2.05) is 23.1 Å². The van der Waals surface area contributed by atoms with Crippen LogP contribution in [0.5, 0.6) is 0 Å². The first-order chi connectivity index (χ1) is 16.1. The second-order valence-electron chi connectivity index (χ2n) is 8.92. The number of carbonyl (C=O) groups excluding carboxylic acids is 1. The van der Waals surface area contributed by atoms with Crippen LogP contribution >= 0.6 is 0 Å². The highest BCUT2D eigenvalue weighted by Crippen LogP contribution is 2.27. The molecule has 2 aliphatic heterocycles. The molecule has 5 rings (SSSR count). The Morgan fingerprint density at radius 1 is 0.939 bits per heavy atom. The molecular weight excluding hydrogens is 418 g/mol. The first-order valence-corrected chi connectivity index (χ1v) is 11.6. The molecule has 0 atom stereocenters. The topological polar surface area (TPSA) is 81.9 Å². The molecule has 8 nitrogen and oxygen atoms in total. The molecule has 3 aromatic rings. The van der Waals surface area contributed by atoms with E-state index < -0.39 is 5.56 Å². The van der Waals surface area contributed by atoms with E-state index in [1.54, 1.807) is 12.3 Å². The molecule has 0 unspecified atom stereocenters. The number of benzene rings is 1. The van der Waals surface area contributed by atoms with Crippen LogP contribution in [0.3, 0.4) is 0 Å². The molecule has 33 heavy (non-hydrogen) atoms. The molecule has 2 saturated heterocycles. The van der Waals surface area contributed by atoms with E-state index in [1.165, 1.54) is 11.6 Å². The number of amides is 1. The summed E-state index contributed by atoms with van der Waals surface area (Å²) < 4.78 is 0.594. The average Bonchev–Trinajstić information content (AvgIpc) is 3.38. The van der Waals surface area contributed by atoms with Gasteiger partial charge in [-0.15, -0.1) is 4.73 Å². The van der Waals surface area contributed by atoms with E-state index in [0.717, 1.165) is 75.2 Å². The first kappa shape index (κ1) is 21.6. The van der Waals surface area contributed by atoms with Gasteiger partial charge in [-0.3, -0.25) is 19.4 Å². The number of nitrogens with zero attached hydrogens (tertiary/aromatic N) is 5. The standard InChI is InChI=1S/C25H29N5O3/c31-23-16-22(21-7-4-8-26-25(21)30(23)33)20-6-3-5-19(15-20)17-27-11-13-28(14-12-27)18-24(32)29-9-1-2-10-29/h3-8,15-16,33H,1-2,9-14,17-18H2. The van der Waals surface area contributed by atoms with E-state index in [4.69, 9.17) is 0 Å². The van der Waals surface area contributed by atoms with Crippen molar-refractivity contribution in [3.63, 3.8) is 0 Å². The van der Waals surface area contributed by atoms with Crippen molar-refractivity contribution >= 4 is 16.9 Å². The lowest BCUT2D eigenvalue weighted by atomic mass is 10.0. The van der Waals surface area contributed by atoms with Crippen LogP contribution in [-0.4, -0.2) is 81.3 Å². The smallest absolute Gasteiger partial charge is 0.285 e. The summed E-state index contributed by atoms with van der Waals surface area (Å²) in [6, 6.07) is 13.3. The maximum Gasteiger partial charge on any atom is 0.285 e. The molecule has 2 aromatic heterocycles. The van der Waals surface area contributed by atoms with Gasteiger partial charge in [-0.25, -0.2) is 4.98 Å². The molecule has 4 heterocycles. The summed E-state index contributed by atoms with van der Waals surface area (Å²) in [5.41, 5.74) is 2.61. The number of pyridine rings is 2. The van der Waals surface area contributed by atoms with Gasteiger partial charge in [0.05, 0.1) is 6.54 Å². The lowest BCUT2D eigenvalue weighted by molar-refractivity contribution is -0.131. The molecule has 8 heteroatoms. The van der Waals surface area contributed by atoms with E-state index in [0.29, 0.717) is 11.3 Å². The number of carbonyl (C=O) groups is 1. The summed E-state index contributed by atoms with van der Waals surface area (Å²) in [5.74, 6) is 0.264. The molecule has 0 bridgehead atoms. The van der Waals surface area contributed by atoms with Gasteiger partial charge in [0.15, 0.2) is 5.65 Å². The summed E-state index contributed by atoms with van der Waals surface area (Å²) in [5, 5.41) is 10.8. The lowest BCUT2D eigenvalue weighted by Crippen LogP contribution is -2.49. The number of hydrogen-bond donors (Lipinski definition) is 1. The Morgan fingerprint density at radius 2 is 1.70 bits per heavy atom. The van der Waals surface area contributed by atoms with Crippen LogP contribution in [0.25, 0.3) is 22.2 Å². The molecule has 0 spiro atoms. The van der Waals surface area contributed by atoms with Gasteiger partial charge in [0.25, 0.3) is 5.56 Å². The van der Waals surface area contributed by atoms with Crippen LogP contribution in [-0.2, 0) is 11.3 Å². The summed E-state index contributed by atoms with van der Waals surface area (Å²) in [4.78, 5) is 35.5. The average molecular weight is 448 g/mol. The normalized spacial score (nSPS) is 17.6. The molecule has 0 saturated carbocycles. The van der Waals surface area contributed by atoms with Crippen molar-refractivity contribution in [1.82, 2.24) is 24.4 Å². The Labute approximate surface area is 192 Å². The quantitative estimate of drug-likeness (QED) is 0.603. The SMILES string of the molecule is O=C(CN1CCN(Cc2cccc(-c3cc(=O)n(O)c4ncccc34)c2)CC1)N1CCCC1. The van der Waals surface area contributed by atoms with Crippen molar-refractivity contribution in [2.24, 2.45) is 0 Å². The van der Waals surface area contributed by atoms with Gasteiger partial charge in [0.1, 0.15) is 0 Å². The Bertz CT molecular complexity index is 1210. The minimum Gasteiger partial charge on any atom is -0.423 e. The van der Waals surface area contributed by atoms with Crippen molar-refractivity contribution in [2.45, 2.75) is 19.4 Å². The third-order valence-electron chi connectivity index (χ3n) is 6.68. The minimum atomic E-state index is -0.499. The fourth-order valence-electron chi connectivity index (χ4n) is 4.84. The van der Waals surface area contributed by atoms with Crippen LogP contribution in [0.15, 0.2) is 53.5 Å². The number of rotatable bonds is 5. The maximum atomic E-state index is 12.4. The van der Waals surface area contributed by atoms with Gasteiger partial charge in [-0.05, 0) is 47.7 Å². The minimum absolute atomic E-state index is 0.255. The summed E-state index contributed by atoms with van der Waals surface area (Å²) in [7, 11) is 0. The molecule has 1 N–H and O–H groups in total. The van der Waals surface area contributed by atoms with Crippen LogP contribution in [0, 0.1) is 0 Å². The van der Waals surface area contributed by atoms with Crippen molar-refractivity contribution < 1.29 is 10.0 Å². The van der Waals surface area contributed by atoms with E-state index in [-0.39, 0.29) is 11.6 Å². The number of piperazine rings is 1. The third kappa shape index (κ3) is 4.62. The summed E-state index contributed by atoms with van der Waals surface area (Å²) in [6.07, 6.45) is 3.82. The van der Waals surface area contributed by atoms with Gasteiger partial charge >= 0.3 is 0 Å². The third-order valence-corrected chi connectivity index (χ3v) is 6.68. The number of hydrogen-bond acceptors (Lipinski definition) is 6. The molecule has 1 amide bonds. The van der Waals surface area contributed by atoms with Gasteiger partial charge in [-0.1, -0.05) is 18.2 Å². The predicted octanol–water partition coefficient (Wildman–Crippen LogP) is 2.04. The van der Waals surface area contributed by atoms with E-state index >= 15 is 0 Å². The van der Waals surface area contributed by atoms with Gasteiger partial charge in [-0.2, -0.15) is 0 Å². The maximum absolute atomic E-state index is 12.4. The Kier molecular flexibility index (Phi) is 6.11. The molecule has 2 fully saturated rings. The largest absolute Gasteiger partial charge is 0.423 e. The van der Waals surface area contributed by atoms with Gasteiger partial charge < -0.3 is 10.1 Å². The van der Waals surface area contributed by atoms with Crippen LogP contribution in [0.1, 0.15) is 18.4 Å². The van der Waals surface area contributed by atoms with Crippen LogP contribution in [0.4, 0.5) is 0 Å². The highest BCUT2D eigenvalue weighted by atomic mass is 16.5. The fourth-order valence-corrected chi connectivity index (χ4v) is 4.84. The van der Waals surface area contributed by atoms with Gasteiger partial charge in [0.2, 0.25) is 5.91 Å². The molecule has 0 radical (unpaired) electrons. The zero-order valence-electron chi connectivity index (χ0n) is 18.7. The lowest BCUT2D eigenvalue weighted by Gasteiger charge is -2.35. The summed E-state index contributed by atoms with van der Waals surface area (Å²) in [6.45, 7) is 6.79. The van der Waals surface area contributed by atoms with Crippen LogP contribution < -0.4 is 5.56 Å². The first-order valence-electron chi connectivity index (χ1n) is 11.6. The summed E-state index contributed by atoms with van der Waals surface area (Å²) >= 11 is 0. The molecule has 1 aromatic carbocycles. The number of fused-ring (bicyclic) bond motifs is 1. The van der Waals surface area contributed by atoms with Crippen molar-refractivity contribution in [1.29, 1.82) is 0 Å². The predicted molar refractivity (Wildman–Crippen MR) is 126 cm³/mol.